The minimum atomic E-state index is 0.0687. The van der Waals surface area contributed by atoms with Crippen molar-refractivity contribution in [2.75, 3.05) is 13.6 Å². The summed E-state index contributed by atoms with van der Waals surface area (Å²) < 4.78 is 0. The van der Waals surface area contributed by atoms with E-state index in [0.717, 1.165) is 41.1 Å². The zero-order valence-electron chi connectivity index (χ0n) is 20.2. The zero-order valence-corrected chi connectivity index (χ0v) is 20.2. The van der Waals surface area contributed by atoms with Gasteiger partial charge < -0.3 is 27.0 Å². The van der Waals surface area contributed by atoms with Gasteiger partial charge in [0.15, 0.2) is 0 Å². The highest BCUT2D eigenvalue weighted by Crippen LogP contribution is 2.31. The largest absolute Gasteiger partial charge is 0.398 e. The van der Waals surface area contributed by atoms with E-state index in [1.807, 2.05) is 30.4 Å². The summed E-state index contributed by atoms with van der Waals surface area (Å²) in [4.78, 5) is 2.18. The van der Waals surface area contributed by atoms with Crippen LogP contribution in [0, 0.1) is 6.92 Å². The standard InChI is InChI=1S/C26H41N5/c1-9-14-29-19(3)20-10-11-22(18(2)15-20)23(27)12-13-24(28)31(8)21-16-25(4,5)30-26(6,7)17-21/h9-13,15,21,29-30H,1,3,14,16-17,27-28H2,2,4-8H3/b23-12-,24-13+. The van der Waals surface area contributed by atoms with Crippen LogP contribution in [0.5, 0.6) is 0 Å². The van der Waals surface area contributed by atoms with Crippen LogP contribution in [0.1, 0.15) is 57.2 Å². The third-order valence-corrected chi connectivity index (χ3v) is 5.90. The van der Waals surface area contributed by atoms with E-state index < -0.39 is 0 Å². The van der Waals surface area contributed by atoms with Crippen LogP contribution in [0.2, 0.25) is 0 Å². The molecule has 0 amide bonds. The molecule has 1 fully saturated rings. The van der Waals surface area contributed by atoms with E-state index in [2.05, 4.69) is 76.4 Å². The number of benzene rings is 1. The maximum atomic E-state index is 6.44. The fourth-order valence-electron chi connectivity index (χ4n) is 4.61. The minimum absolute atomic E-state index is 0.0687. The summed E-state index contributed by atoms with van der Waals surface area (Å²) in [6.07, 6.45) is 7.69. The summed E-state index contributed by atoms with van der Waals surface area (Å²) in [5, 5.41) is 6.95. The second kappa shape index (κ2) is 9.65. The topological polar surface area (TPSA) is 79.3 Å². The summed E-state index contributed by atoms with van der Waals surface area (Å²) in [5.41, 5.74) is 17.7. The first kappa shape index (κ1) is 24.6. The van der Waals surface area contributed by atoms with E-state index in [4.69, 9.17) is 11.5 Å². The Morgan fingerprint density at radius 1 is 1.19 bits per heavy atom. The number of piperidine rings is 1. The predicted octanol–water partition coefficient (Wildman–Crippen LogP) is 4.08. The van der Waals surface area contributed by atoms with Gasteiger partial charge in [-0.2, -0.15) is 0 Å². The number of hydrogen-bond acceptors (Lipinski definition) is 5. The molecule has 0 radical (unpaired) electrons. The predicted molar refractivity (Wildman–Crippen MR) is 135 cm³/mol. The van der Waals surface area contributed by atoms with Gasteiger partial charge in [0.25, 0.3) is 0 Å². The number of allylic oxidation sites excluding steroid dienone is 2. The van der Waals surface area contributed by atoms with Gasteiger partial charge in [-0.1, -0.05) is 24.8 Å². The van der Waals surface area contributed by atoms with Crippen LogP contribution in [0.4, 0.5) is 0 Å². The Labute approximate surface area is 189 Å². The van der Waals surface area contributed by atoms with Gasteiger partial charge in [0.05, 0.1) is 5.82 Å². The summed E-state index contributed by atoms with van der Waals surface area (Å²) in [5.74, 6) is 0.720. The molecule has 0 atom stereocenters. The molecule has 31 heavy (non-hydrogen) atoms. The lowest BCUT2D eigenvalue weighted by atomic mass is 9.79. The quantitative estimate of drug-likeness (QED) is 0.374. The minimum Gasteiger partial charge on any atom is -0.398 e. The Morgan fingerprint density at radius 3 is 2.35 bits per heavy atom. The van der Waals surface area contributed by atoms with Crippen molar-refractivity contribution in [1.29, 1.82) is 0 Å². The molecule has 0 unspecified atom stereocenters. The average molecular weight is 424 g/mol. The van der Waals surface area contributed by atoms with Crippen molar-refractivity contribution in [2.45, 2.75) is 64.6 Å². The van der Waals surface area contributed by atoms with Crippen molar-refractivity contribution in [2.24, 2.45) is 11.5 Å². The van der Waals surface area contributed by atoms with Gasteiger partial charge in [0.2, 0.25) is 0 Å². The molecule has 1 aliphatic rings. The van der Waals surface area contributed by atoms with Gasteiger partial charge in [-0.3, -0.25) is 0 Å². The molecule has 0 aromatic heterocycles. The van der Waals surface area contributed by atoms with Crippen LogP contribution in [0.15, 0.2) is 55.4 Å². The molecule has 0 aliphatic carbocycles. The zero-order chi connectivity index (χ0) is 23.4. The van der Waals surface area contributed by atoms with Crippen LogP contribution in [0.25, 0.3) is 11.4 Å². The van der Waals surface area contributed by atoms with Crippen molar-refractivity contribution in [3.05, 3.63) is 72.1 Å². The highest BCUT2D eigenvalue weighted by Gasteiger charge is 2.39. The van der Waals surface area contributed by atoms with Crippen molar-refractivity contribution in [3.8, 4) is 0 Å². The Kier molecular flexibility index (Phi) is 7.66. The van der Waals surface area contributed by atoms with E-state index in [1.54, 1.807) is 0 Å². The molecule has 1 heterocycles. The number of nitrogens with two attached hydrogens (primary N) is 2. The first-order valence-corrected chi connectivity index (χ1v) is 11.0. The van der Waals surface area contributed by atoms with Gasteiger partial charge in [-0.15, -0.1) is 6.58 Å². The van der Waals surface area contributed by atoms with Crippen molar-refractivity contribution in [3.63, 3.8) is 0 Å². The molecule has 1 saturated heterocycles. The highest BCUT2D eigenvalue weighted by atomic mass is 15.2. The number of nitrogens with zero attached hydrogens (tertiary/aromatic N) is 1. The molecular formula is C26H41N5. The molecule has 0 spiro atoms. The van der Waals surface area contributed by atoms with Crippen LogP contribution in [-0.2, 0) is 0 Å². The van der Waals surface area contributed by atoms with Gasteiger partial charge in [-0.25, -0.2) is 0 Å². The number of nitrogens with one attached hydrogen (secondary N) is 2. The maximum absolute atomic E-state index is 6.44. The lowest BCUT2D eigenvalue weighted by molar-refractivity contribution is 0.0981. The van der Waals surface area contributed by atoms with Crippen molar-refractivity contribution in [1.82, 2.24) is 15.5 Å². The van der Waals surface area contributed by atoms with Crippen LogP contribution >= 0.6 is 0 Å². The monoisotopic (exact) mass is 423 g/mol. The van der Waals surface area contributed by atoms with E-state index >= 15 is 0 Å². The Morgan fingerprint density at radius 2 is 1.81 bits per heavy atom. The fraction of sp³-hybridized carbons (Fsp3) is 0.462. The summed E-state index contributed by atoms with van der Waals surface area (Å²) in [6, 6.07) is 6.52. The van der Waals surface area contributed by atoms with E-state index in [-0.39, 0.29) is 11.1 Å². The lowest BCUT2D eigenvalue weighted by Gasteiger charge is -2.49. The van der Waals surface area contributed by atoms with E-state index in [1.165, 1.54) is 0 Å². The highest BCUT2D eigenvalue weighted by molar-refractivity contribution is 5.71. The molecule has 1 aliphatic heterocycles. The smallest absolute Gasteiger partial charge is 0.0987 e. The van der Waals surface area contributed by atoms with Gasteiger partial charge >= 0.3 is 0 Å². The van der Waals surface area contributed by atoms with E-state index in [9.17, 15) is 0 Å². The van der Waals surface area contributed by atoms with Gasteiger partial charge in [0, 0.05) is 47.7 Å². The maximum Gasteiger partial charge on any atom is 0.0987 e. The van der Waals surface area contributed by atoms with Crippen LogP contribution < -0.4 is 22.1 Å². The SMILES string of the molecule is C=CCNC(=C)c1ccc(/C(N)=C/C=C(\N)N(C)C2CC(C)(C)NC(C)(C)C2)c(C)c1. The third-order valence-electron chi connectivity index (χ3n) is 5.90. The molecule has 1 aromatic rings. The number of rotatable bonds is 8. The van der Waals surface area contributed by atoms with Crippen LogP contribution in [0.3, 0.4) is 0 Å². The van der Waals surface area contributed by atoms with E-state index in [0.29, 0.717) is 18.3 Å². The molecule has 2 rings (SSSR count). The molecule has 6 N–H and O–H groups in total. The molecule has 1 aromatic carbocycles. The van der Waals surface area contributed by atoms with Crippen molar-refractivity contribution < 1.29 is 0 Å². The summed E-state index contributed by atoms with van der Waals surface area (Å²) in [7, 11) is 2.07. The first-order valence-electron chi connectivity index (χ1n) is 11.0. The Bertz CT molecular complexity index is 860. The number of hydrogen-bond donors (Lipinski definition) is 4. The first-order chi connectivity index (χ1) is 14.3. The molecule has 5 heteroatoms. The van der Waals surface area contributed by atoms with Gasteiger partial charge in [-0.05, 0) is 76.8 Å². The summed E-state index contributed by atoms with van der Waals surface area (Å²) in [6.45, 7) is 19.5. The Balaban J connectivity index is 2.16. The molecular weight excluding hydrogens is 382 g/mol. The lowest BCUT2D eigenvalue weighted by Crippen LogP contribution is -2.61. The molecule has 0 bridgehead atoms. The number of aryl methyl sites for hydroxylation is 1. The summed E-state index contributed by atoms with van der Waals surface area (Å²) >= 11 is 0. The average Bonchev–Trinajstić information content (AvgIpc) is 2.66. The van der Waals surface area contributed by atoms with Crippen molar-refractivity contribution >= 4 is 11.4 Å². The third kappa shape index (κ3) is 6.66. The normalized spacial score (nSPS) is 19.0. The molecule has 0 saturated carbocycles. The molecule has 170 valence electrons. The molecule has 5 nitrogen and oxygen atoms in total. The second-order valence-electron chi connectivity index (χ2n) is 9.96. The Hall–Kier alpha value is -2.66. The van der Waals surface area contributed by atoms with Crippen LogP contribution in [-0.4, -0.2) is 35.6 Å². The fourth-order valence-corrected chi connectivity index (χ4v) is 4.61. The van der Waals surface area contributed by atoms with Gasteiger partial charge in [0.1, 0.15) is 0 Å². The second-order valence-corrected chi connectivity index (χ2v) is 9.96.